The number of phenols is 2. The molecule has 5 aromatic rings. The minimum atomic E-state index is -0.611. The van der Waals surface area contributed by atoms with Crippen LogP contribution >= 0.6 is 0 Å². The molecule has 43 heavy (non-hydrogen) atoms. The monoisotopic (exact) mass is 566 g/mol. The summed E-state index contributed by atoms with van der Waals surface area (Å²) < 4.78 is 0. The lowest BCUT2D eigenvalue weighted by molar-refractivity contribution is 0.411. The van der Waals surface area contributed by atoms with Crippen molar-refractivity contribution in [3.05, 3.63) is 154 Å². The SMILES string of the molecule is CC(C)(C)Cc1ccc(Cc2cc(C3(c4ccc(O)c(C(C)(C)C)c4)c4ccccc4-c4ccccc43)ccc2O)cc1. The Morgan fingerprint density at radius 3 is 1.63 bits per heavy atom. The molecule has 0 fully saturated rings. The van der Waals surface area contributed by atoms with Crippen LogP contribution in [0.15, 0.2) is 109 Å². The number of benzene rings is 5. The molecule has 0 heterocycles. The predicted octanol–water partition coefficient (Wildman–Crippen LogP) is 9.94. The third kappa shape index (κ3) is 5.14. The van der Waals surface area contributed by atoms with Gasteiger partial charge in [-0.15, -0.1) is 0 Å². The summed E-state index contributed by atoms with van der Waals surface area (Å²) >= 11 is 0. The van der Waals surface area contributed by atoms with Gasteiger partial charge in [-0.3, -0.25) is 0 Å². The van der Waals surface area contributed by atoms with E-state index >= 15 is 0 Å². The van der Waals surface area contributed by atoms with Gasteiger partial charge in [0.15, 0.2) is 0 Å². The number of hydrogen-bond acceptors (Lipinski definition) is 2. The van der Waals surface area contributed by atoms with Gasteiger partial charge in [0.1, 0.15) is 11.5 Å². The van der Waals surface area contributed by atoms with Crippen LogP contribution in [0.1, 0.15) is 86.1 Å². The number of hydrogen-bond donors (Lipinski definition) is 2. The molecule has 0 spiro atoms. The molecule has 2 nitrogen and oxygen atoms in total. The van der Waals surface area contributed by atoms with Gasteiger partial charge in [-0.05, 0) is 85.0 Å². The van der Waals surface area contributed by atoms with Crippen LogP contribution in [0.4, 0.5) is 0 Å². The van der Waals surface area contributed by atoms with Gasteiger partial charge in [0.05, 0.1) is 5.41 Å². The van der Waals surface area contributed by atoms with Crippen molar-refractivity contribution in [1.82, 2.24) is 0 Å². The van der Waals surface area contributed by atoms with Crippen molar-refractivity contribution in [2.24, 2.45) is 5.41 Å². The maximum absolute atomic E-state index is 11.1. The molecule has 0 aliphatic heterocycles. The van der Waals surface area contributed by atoms with Gasteiger partial charge in [-0.1, -0.05) is 139 Å². The van der Waals surface area contributed by atoms with Gasteiger partial charge in [0.25, 0.3) is 0 Å². The van der Waals surface area contributed by atoms with Gasteiger partial charge in [0, 0.05) is 6.42 Å². The normalized spacial score (nSPS) is 13.9. The van der Waals surface area contributed by atoms with Crippen LogP contribution < -0.4 is 0 Å². The van der Waals surface area contributed by atoms with E-state index in [1.54, 1.807) is 0 Å². The zero-order valence-electron chi connectivity index (χ0n) is 26.2. The molecule has 0 amide bonds. The lowest BCUT2D eigenvalue weighted by Crippen LogP contribution is -2.29. The van der Waals surface area contributed by atoms with Crippen molar-refractivity contribution in [3.8, 4) is 22.6 Å². The van der Waals surface area contributed by atoms with Crippen molar-refractivity contribution >= 4 is 0 Å². The van der Waals surface area contributed by atoms with E-state index in [-0.39, 0.29) is 10.8 Å². The van der Waals surface area contributed by atoms with E-state index in [0.29, 0.717) is 17.9 Å². The molecule has 0 saturated carbocycles. The maximum atomic E-state index is 11.1. The standard InChI is InChI=1S/C41H42O2/c1-39(2,3)26-28-17-15-27(16-18-28)23-29-24-30(19-21-37(29)42)41(31-20-22-38(43)36(25-31)40(4,5)6)34-13-9-7-11-32(34)33-12-8-10-14-35(33)41/h7-22,24-25,42-43H,23,26H2,1-6H3. The summed E-state index contributed by atoms with van der Waals surface area (Å²) in [6.07, 6.45) is 1.66. The molecule has 1 aliphatic rings. The van der Waals surface area contributed by atoms with Crippen LogP contribution in [0.2, 0.25) is 0 Å². The number of fused-ring (bicyclic) bond motifs is 3. The molecule has 2 N–H and O–H groups in total. The first-order chi connectivity index (χ1) is 20.4. The summed E-state index contributed by atoms with van der Waals surface area (Å²) in [5, 5.41) is 22.1. The Morgan fingerprint density at radius 1 is 0.558 bits per heavy atom. The van der Waals surface area contributed by atoms with Gasteiger partial charge < -0.3 is 10.2 Å². The predicted molar refractivity (Wildman–Crippen MR) is 178 cm³/mol. The molecule has 0 aromatic heterocycles. The quantitative estimate of drug-likeness (QED) is 0.218. The van der Waals surface area contributed by atoms with E-state index in [9.17, 15) is 10.2 Å². The Labute approximate surface area is 256 Å². The highest BCUT2D eigenvalue weighted by Crippen LogP contribution is 2.57. The largest absolute Gasteiger partial charge is 0.508 e. The van der Waals surface area contributed by atoms with Crippen LogP contribution in [0.5, 0.6) is 11.5 Å². The summed E-state index contributed by atoms with van der Waals surface area (Å²) in [5.74, 6) is 0.616. The summed E-state index contributed by atoms with van der Waals surface area (Å²) in [4.78, 5) is 0. The first kappa shape index (κ1) is 28.8. The topological polar surface area (TPSA) is 40.5 Å². The van der Waals surface area contributed by atoms with Crippen molar-refractivity contribution in [2.45, 2.75) is 65.2 Å². The van der Waals surface area contributed by atoms with Gasteiger partial charge >= 0.3 is 0 Å². The highest BCUT2D eigenvalue weighted by molar-refractivity contribution is 5.86. The summed E-state index contributed by atoms with van der Waals surface area (Å²) in [5.41, 5.74) is 10.8. The average Bonchev–Trinajstić information content (AvgIpc) is 3.25. The molecular formula is C41H42O2. The molecule has 5 aromatic carbocycles. The zero-order valence-corrected chi connectivity index (χ0v) is 26.2. The van der Waals surface area contributed by atoms with E-state index in [2.05, 4.69) is 139 Å². The number of aromatic hydroxyl groups is 2. The minimum absolute atomic E-state index is 0.234. The molecule has 0 atom stereocenters. The van der Waals surface area contributed by atoms with Crippen LogP contribution in [-0.4, -0.2) is 10.2 Å². The molecule has 218 valence electrons. The van der Waals surface area contributed by atoms with E-state index in [1.165, 1.54) is 33.4 Å². The average molecular weight is 567 g/mol. The Morgan fingerprint density at radius 2 is 1.07 bits per heavy atom. The number of rotatable bonds is 5. The smallest absolute Gasteiger partial charge is 0.119 e. The first-order valence-electron chi connectivity index (χ1n) is 15.3. The fraction of sp³-hybridized carbons (Fsp3) is 0.268. The highest BCUT2D eigenvalue weighted by Gasteiger charge is 2.46. The van der Waals surface area contributed by atoms with E-state index in [1.807, 2.05) is 12.1 Å². The van der Waals surface area contributed by atoms with Crippen molar-refractivity contribution in [2.75, 3.05) is 0 Å². The van der Waals surface area contributed by atoms with Gasteiger partial charge in [0.2, 0.25) is 0 Å². The van der Waals surface area contributed by atoms with Crippen molar-refractivity contribution < 1.29 is 10.2 Å². The van der Waals surface area contributed by atoms with Crippen molar-refractivity contribution in [3.63, 3.8) is 0 Å². The molecule has 0 bridgehead atoms. The molecule has 2 heteroatoms. The van der Waals surface area contributed by atoms with Crippen LogP contribution in [0.3, 0.4) is 0 Å². The lowest BCUT2D eigenvalue weighted by atomic mass is 9.66. The van der Waals surface area contributed by atoms with Crippen molar-refractivity contribution in [1.29, 1.82) is 0 Å². The Kier molecular flexibility index (Phi) is 7.00. The highest BCUT2D eigenvalue weighted by atomic mass is 16.3. The molecule has 1 aliphatic carbocycles. The molecule has 0 radical (unpaired) electrons. The fourth-order valence-corrected chi connectivity index (χ4v) is 6.96. The lowest BCUT2D eigenvalue weighted by Gasteiger charge is -2.35. The van der Waals surface area contributed by atoms with Crippen LogP contribution in [-0.2, 0) is 23.7 Å². The summed E-state index contributed by atoms with van der Waals surface area (Å²) in [6, 6.07) is 38.4. The maximum Gasteiger partial charge on any atom is 0.119 e. The zero-order chi connectivity index (χ0) is 30.6. The molecular weight excluding hydrogens is 524 g/mol. The Hall–Kier alpha value is -4.30. The van der Waals surface area contributed by atoms with E-state index in [0.717, 1.165) is 28.7 Å². The fourth-order valence-electron chi connectivity index (χ4n) is 6.96. The molecule has 0 saturated heterocycles. The third-order valence-corrected chi connectivity index (χ3v) is 8.85. The van der Waals surface area contributed by atoms with Crippen LogP contribution in [0, 0.1) is 5.41 Å². The van der Waals surface area contributed by atoms with Gasteiger partial charge in [-0.25, -0.2) is 0 Å². The third-order valence-electron chi connectivity index (χ3n) is 8.85. The molecule has 0 unspecified atom stereocenters. The van der Waals surface area contributed by atoms with E-state index in [4.69, 9.17) is 0 Å². The van der Waals surface area contributed by atoms with Gasteiger partial charge in [-0.2, -0.15) is 0 Å². The summed E-state index contributed by atoms with van der Waals surface area (Å²) in [7, 11) is 0. The first-order valence-corrected chi connectivity index (χ1v) is 15.3. The molecule has 6 rings (SSSR count). The second kappa shape index (κ2) is 10.5. The Bertz CT molecular complexity index is 1750. The summed E-state index contributed by atoms with van der Waals surface area (Å²) in [6.45, 7) is 13.2. The van der Waals surface area contributed by atoms with Crippen LogP contribution in [0.25, 0.3) is 11.1 Å². The number of phenolic OH excluding ortho intramolecular Hbond substituents is 2. The van der Waals surface area contributed by atoms with E-state index < -0.39 is 5.41 Å². The Balaban J connectivity index is 1.55. The second-order valence-corrected chi connectivity index (χ2v) is 14.4. The second-order valence-electron chi connectivity index (χ2n) is 14.4. The minimum Gasteiger partial charge on any atom is -0.508 e.